The van der Waals surface area contributed by atoms with Crippen LogP contribution in [-0.2, 0) is 9.53 Å². The van der Waals surface area contributed by atoms with Crippen LogP contribution < -0.4 is 14.8 Å². The van der Waals surface area contributed by atoms with Crippen LogP contribution >= 0.6 is 11.6 Å². The lowest BCUT2D eigenvalue weighted by Crippen LogP contribution is -2.41. The molecule has 0 unspecified atom stereocenters. The summed E-state index contributed by atoms with van der Waals surface area (Å²) in [4.78, 5) is 39.5. The maximum Gasteiger partial charge on any atom is 0.340 e. The SMILES string of the molecule is COC(=O)c1cc(OC)c(OC)cc1NC(=O)C1CCN(C(=O)c2ccc(Cl)cc2)CC1. The van der Waals surface area contributed by atoms with Crippen molar-refractivity contribution in [1.29, 1.82) is 0 Å². The molecule has 1 aliphatic heterocycles. The van der Waals surface area contributed by atoms with Gasteiger partial charge in [0.15, 0.2) is 11.5 Å². The van der Waals surface area contributed by atoms with Gasteiger partial charge in [-0.15, -0.1) is 0 Å². The molecule has 0 bridgehead atoms. The topological polar surface area (TPSA) is 94.2 Å². The number of methoxy groups -OCH3 is 3. The molecule has 2 amide bonds. The maximum atomic E-state index is 12.9. The Kier molecular flexibility index (Phi) is 7.58. The second-order valence-electron chi connectivity index (χ2n) is 7.31. The minimum absolute atomic E-state index is 0.0895. The quantitative estimate of drug-likeness (QED) is 0.661. The van der Waals surface area contributed by atoms with Gasteiger partial charge in [-0.1, -0.05) is 11.6 Å². The van der Waals surface area contributed by atoms with Gasteiger partial charge < -0.3 is 24.4 Å². The average Bonchev–Trinajstić information content (AvgIpc) is 2.83. The summed E-state index contributed by atoms with van der Waals surface area (Å²) >= 11 is 5.89. The number of hydrogen-bond donors (Lipinski definition) is 1. The Morgan fingerprint density at radius 2 is 1.56 bits per heavy atom. The summed E-state index contributed by atoms with van der Waals surface area (Å²) in [6.45, 7) is 0.907. The van der Waals surface area contributed by atoms with Gasteiger partial charge in [-0.3, -0.25) is 9.59 Å². The highest BCUT2D eigenvalue weighted by Gasteiger charge is 2.29. The van der Waals surface area contributed by atoms with E-state index in [1.165, 1.54) is 33.5 Å². The van der Waals surface area contributed by atoms with Crippen LogP contribution in [0.15, 0.2) is 36.4 Å². The first-order valence-electron chi connectivity index (χ1n) is 10.1. The van der Waals surface area contributed by atoms with E-state index in [2.05, 4.69) is 5.32 Å². The molecule has 1 fully saturated rings. The van der Waals surface area contributed by atoms with Crippen LogP contribution in [0, 0.1) is 5.92 Å². The van der Waals surface area contributed by atoms with Gasteiger partial charge in [0.2, 0.25) is 5.91 Å². The molecule has 0 aromatic heterocycles. The molecule has 2 aromatic carbocycles. The van der Waals surface area contributed by atoms with Crippen LogP contribution in [0.1, 0.15) is 33.6 Å². The first-order chi connectivity index (χ1) is 15.4. The predicted molar refractivity (Wildman–Crippen MR) is 120 cm³/mol. The van der Waals surface area contributed by atoms with E-state index >= 15 is 0 Å². The molecule has 170 valence electrons. The van der Waals surface area contributed by atoms with Crippen molar-refractivity contribution in [2.45, 2.75) is 12.8 Å². The molecule has 8 nitrogen and oxygen atoms in total. The van der Waals surface area contributed by atoms with E-state index in [1.807, 2.05) is 0 Å². The van der Waals surface area contributed by atoms with Crippen molar-refractivity contribution in [2.24, 2.45) is 5.92 Å². The van der Waals surface area contributed by atoms with Gasteiger partial charge in [-0.25, -0.2) is 4.79 Å². The number of carbonyl (C=O) groups is 3. The molecule has 1 aliphatic rings. The van der Waals surface area contributed by atoms with Crippen molar-refractivity contribution < 1.29 is 28.6 Å². The molecule has 3 rings (SSSR count). The molecule has 1 saturated heterocycles. The molecule has 0 aliphatic carbocycles. The van der Waals surface area contributed by atoms with E-state index in [1.54, 1.807) is 29.2 Å². The van der Waals surface area contributed by atoms with Gasteiger partial charge in [0.1, 0.15) is 0 Å². The summed E-state index contributed by atoms with van der Waals surface area (Å²) in [6, 6.07) is 9.73. The number of hydrogen-bond acceptors (Lipinski definition) is 6. The molecular weight excluding hydrogens is 436 g/mol. The molecule has 0 atom stereocenters. The number of rotatable bonds is 6. The summed E-state index contributed by atoms with van der Waals surface area (Å²) < 4.78 is 15.3. The van der Waals surface area contributed by atoms with Crippen LogP contribution in [0.3, 0.4) is 0 Å². The number of halogens is 1. The molecule has 0 saturated carbocycles. The van der Waals surface area contributed by atoms with Gasteiger partial charge in [0.05, 0.1) is 32.6 Å². The van der Waals surface area contributed by atoms with E-state index in [0.717, 1.165) is 0 Å². The molecule has 32 heavy (non-hydrogen) atoms. The number of likely N-dealkylation sites (tertiary alicyclic amines) is 1. The monoisotopic (exact) mass is 460 g/mol. The zero-order valence-corrected chi connectivity index (χ0v) is 18.9. The molecular formula is C23H25ClN2O6. The maximum absolute atomic E-state index is 12.9. The van der Waals surface area contributed by atoms with Crippen LogP contribution in [0.5, 0.6) is 11.5 Å². The number of esters is 1. The smallest absolute Gasteiger partial charge is 0.340 e. The fourth-order valence-corrected chi connectivity index (χ4v) is 3.74. The molecule has 0 radical (unpaired) electrons. The fraction of sp³-hybridized carbons (Fsp3) is 0.348. The summed E-state index contributed by atoms with van der Waals surface area (Å²) in [6.07, 6.45) is 1.01. The number of nitrogens with one attached hydrogen (secondary N) is 1. The third-order valence-corrected chi connectivity index (χ3v) is 5.68. The Morgan fingerprint density at radius 1 is 0.969 bits per heavy atom. The number of benzene rings is 2. The Balaban J connectivity index is 1.69. The van der Waals surface area contributed by atoms with Crippen LogP contribution in [-0.4, -0.2) is 57.1 Å². The number of anilines is 1. The number of piperidine rings is 1. The second-order valence-corrected chi connectivity index (χ2v) is 7.74. The van der Waals surface area contributed by atoms with Gasteiger partial charge in [-0.05, 0) is 37.1 Å². The summed E-state index contributed by atoms with van der Waals surface area (Å²) in [5.41, 5.74) is 0.998. The minimum Gasteiger partial charge on any atom is -0.493 e. The fourth-order valence-electron chi connectivity index (χ4n) is 3.62. The van der Waals surface area contributed by atoms with Crippen molar-refractivity contribution in [2.75, 3.05) is 39.7 Å². The Labute approximate surface area is 191 Å². The number of carbonyl (C=O) groups excluding carboxylic acids is 3. The number of amides is 2. The van der Waals surface area contributed by atoms with Crippen molar-refractivity contribution in [3.8, 4) is 11.5 Å². The van der Waals surface area contributed by atoms with Gasteiger partial charge in [0.25, 0.3) is 5.91 Å². The predicted octanol–water partition coefficient (Wildman–Crippen LogP) is 3.63. The van der Waals surface area contributed by atoms with Gasteiger partial charge >= 0.3 is 5.97 Å². The lowest BCUT2D eigenvalue weighted by Gasteiger charge is -2.31. The largest absolute Gasteiger partial charge is 0.493 e. The number of ether oxygens (including phenoxy) is 3. The first-order valence-corrected chi connectivity index (χ1v) is 10.5. The summed E-state index contributed by atoms with van der Waals surface area (Å²) in [7, 11) is 4.18. The highest BCUT2D eigenvalue weighted by molar-refractivity contribution is 6.30. The molecule has 0 spiro atoms. The Hall–Kier alpha value is -3.26. The number of nitrogens with zero attached hydrogens (tertiary/aromatic N) is 1. The first kappa shape index (κ1) is 23.4. The van der Waals surface area contributed by atoms with Crippen molar-refractivity contribution in [1.82, 2.24) is 4.90 Å². The van der Waals surface area contributed by atoms with E-state index in [-0.39, 0.29) is 29.0 Å². The van der Waals surface area contributed by atoms with E-state index in [4.69, 9.17) is 25.8 Å². The Morgan fingerprint density at radius 3 is 2.12 bits per heavy atom. The van der Waals surface area contributed by atoms with Crippen molar-refractivity contribution in [3.05, 3.63) is 52.5 Å². The van der Waals surface area contributed by atoms with Crippen LogP contribution in [0.2, 0.25) is 5.02 Å². The Bertz CT molecular complexity index is 1000. The van der Waals surface area contributed by atoms with Crippen LogP contribution in [0.4, 0.5) is 5.69 Å². The van der Waals surface area contributed by atoms with Crippen molar-refractivity contribution in [3.63, 3.8) is 0 Å². The molecule has 2 aromatic rings. The summed E-state index contributed by atoms with van der Waals surface area (Å²) in [5.74, 6) is -0.513. The van der Waals surface area contributed by atoms with Gasteiger partial charge in [0, 0.05) is 41.7 Å². The van der Waals surface area contributed by atoms with E-state index in [0.29, 0.717) is 48.0 Å². The van der Waals surface area contributed by atoms with Crippen molar-refractivity contribution >= 4 is 35.1 Å². The summed E-state index contributed by atoms with van der Waals surface area (Å²) in [5, 5.41) is 3.38. The normalized spacial score (nSPS) is 13.9. The second kappa shape index (κ2) is 10.4. The highest BCUT2D eigenvalue weighted by Crippen LogP contribution is 2.34. The molecule has 9 heteroatoms. The van der Waals surface area contributed by atoms with E-state index in [9.17, 15) is 14.4 Å². The zero-order valence-electron chi connectivity index (χ0n) is 18.1. The van der Waals surface area contributed by atoms with Crippen LogP contribution in [0.25, 0.3) is 0 Å². The average molecular weight is 461 g/mol. The molecule has 1 heterocycles. The third-order valence-electron chi connectivity index (χ3n) is 5.43. The standard InChI is InChI=1S/C23H25ClN2O6/c1-30-19-12-17(23(29)32-3)18(13-20(19)31-2)25-21(27)14-8-10-26(11-9-14)22(28)15-4-6-16(24)7-5-15/h4-7,12-14H,8-11H2,1-3H3,(H,25,27). The lowest BCUT2D eigenvalue weighted by molar-refractivity contribution is -0.121. The molecule has 1 N–H and O–H groups in total. The minimum atomic E-state index is -0.607. The third kappa shape index (κ3) is 5.13. The van der Waals surface area contributed by atoms with E-state index < -0.39 is 5.97 Å². The zero-order chi connectivity index (χ0) is 23.3. The highest BCUT2D eigenvalue weighted by atomic mass is 35.5. The van der Waals surface area contributed by atoms with Gasteiger partial charge in [-0.2, -0.15) is 0 Å². The lowest BCUT2D eigenvalue weighted by atomic mass is 9.95.